The number of methoxy groups -OCH3 is 1. The summed E-state index contributed by atoms with van der Waals surface area (Å²) in [6, 6.07) is 15.4. The highest BCUT2D eigenvalue weighted by Crippen LogP contribution is 2.36. The Kier molecular flexibility index (Phi) is 4.96. The molecule has 0 bridgehead atoms. The maximum absolute atomic E-state index is 12.0. The van der Waals surface area contributed by atoms with E-state index in [0.717, 1.165) is 27.8 Å². The van der Waals surface area contributed by atoms with Crippen molar-refractivity contribution in [2.75, 3.05) is 7.11 Å². The van der Waals surface area contributed by atoms with Crippen LogP contribution in [0.4, 0.5) is 0 Å². The van der Waals surface area contributed by atoms with Crippen LogP contribution < -0.4 is 0 Å². The van der Waals surface area contributed by atoms with Crippen LogP contribution in [0, 0.1) is 0 Å². The number of carbonyl (C=O) groups excluding carboxylic acids is 2. The highest BCUT2D eigenvalue weighted by molar-refractivity contribution is 6.66. The maximum Gasteiger partial charge on any atom is 0.338 e. The van der Waals surface area contributed by atoms with Gasteiger partial charge in [0.05, 0.1) is 12.7 Å². The topological polar surface area (TPSA) is 43.4 Å². The summed E-state index contributed by atoms with van der Waals surface area (Å²) in [5.74, 6) is -0.345. The lowest BCUT2D eigenvalue weighted by Crippen LogP contribution is -2.02. The minimum atomic E-state index is -0.505. The minimum absolute atomic E-state index is 0.345. The number of rotatable bonds is 4. The Morgan fingerprint density at radius 3 is 2.24 bits per heavy atom. The van der Waals surface area contributed by atoms with E-state index in [1.54, 1.807) is 6.08 Å². The van der Waals surface area contributed by atoms with E-state index in [1.165, 1.54) is 13.2 Å². The lowest BCUT2D eigenvalue weighted by Gasteiger charge is -2.03. The van der Waals surface area contributed by atoms with Crippen molar-refractivity contribution in [3.8, 4) is 0 Å². The van der Waals surface area contributed by atoms with Gasteiger partial charge in [0, 0.05) is 0 Å². The molecule has 0 unspecified atom stereocenters. The van der Waals surface area contributed by atoms with Gasteiger partial charge in [-0.3, -0.25) is 4.79 Å². The van der Waals surface area contributed by atoms with Crippen LogP contribution in [0.3, 0.4) is 0 Å². The first-order valence-electron chi connectivity index (χ1n) is 7.67. The first-order valence-corrected chi connectivity index (χ1v) is 8.05. The Morgan fingerprint density at radius 1 is 0.960 bits per heavy atom. The van der Waals surface area contributed by atoms with Gasteiger partial charge in [-0.1, -0.05) is 54.6 Å². The molecule has 124 valence electrons. The van der Waals surface area contributed by atoms with Gasteiger partial charge in [0.25, 0.3) is 0 Å². The summed E-state index contributed by atoms with van der Waals surface area (Å²) in [7, 11) is 1.38. The molecule has 2 aromatic rings. The van der Waals surface area contributed by atoms with Crippen molar-refractivity contribution in [3.63, 3.8) is 0 Å². The van der Waals surface area contributed by atoms with Crippen molar-refractivity contribution < 1.29 is 14.3 Å². The van der Waals surface area contributed by atoms with Gasteiger partial charge >= 0.3 is 5.97 Å². The molecule has 4 heteroatoms. The molecule has 0 heterocycles. The number of esters is 1. The van der Waals surface area contributed by atoms with Gasteiger partial charge < -0.3 is 4.74 Å². The van der Waals surface area contributed by atoms with E-state index in [2.05, 4.69) is 0 Å². The van der Waals surface area contributed by atoms with Crippen molar-refractivity contribution in [1.29, 1.82) is 0 Å². The monoisotopic (exact) mass is 350 g/mol. The molecule has 0 saturated heterocycles. The maximum atomic E-state index is 12.0. The number of halogens is 1. The van der Waals surface area contributed by atoms with Crippen LogP contribution in [0.15, 0.2) is 60.7 Å². The van der Waals surface area contributed by atoms with Gasteiger partial charge in [-0.05, 0) is 57.7 Å². The molecule has 25 heavy (non-hydrogen) atoms. The Morgan fingerprint density at radius 2 is 1.60 bits per heavy atom. The first-order chi connectivity index (χ1) is 12.1. The number of benzene rings is 2. The van der Waals surface area contributed by atoms with E-state index in [1.807, 2.05) is 60.7 Å². The molecule has 2 aromatic carbocycles. The van der Waals surface area contributed by atoms with Crippen molar-refractivity contribution in [1.82, 2.24) is 0 Å². The zero-order chi connectivity index (χ0) is 17.8. The normalized spacial score (nSPS) is 14.5. The SMILES string of the molecule is COC(=O)C1=CC(=Cc2ccc(C=CC(=O)Cl)cc2)c2ccccc21. The summed E-state index contributed by atoms with van der Waals surface area (Å²) in [6.07, 6.45) is 6.82. The molecule has 0 saturated carbocycles. The molecule has 3 nitrogen and oxygen atoms in total. The van der Waals surface area contributed by atoms with E-state index in [0.29, 0.717) is 5.57 Å². The summed E-state index contributed by atoms with van der Waals surface area (Å²) < 4.78 is 4.87. The third-order valence-electron chi connectivity index (χ3n) is 3.90. The molecule has 1 aliphatic carbocycles. The lowest BCUT2D eigenvalue weighted by atomic mass is 10.0. The number of carbonyl (C=O) groups is 2. The second-order valence-corrected chi connectivity index (χ2v) is 5.87. The van der Waals surface area contributed by atoms with E-state index in [4.69, 9.17) is 16.3 Å². The molecule has 0 N–H and O–H groups in total. The van der Waals surface area contributed by atoms with Crippen LogP contribution in [0.2, 0.25) is 0 Å². The summed E-state index contributed by atoms with van der Waals surface area (Å²) in [6.45, 7) is 0. The molecule has 0 aromatic heterocycles. The highest BCUT2D eigenvalue weighted by Gasteiger charge is 2.23. The van der Waals surface area contributed by atoms with Crippen LogP contribution in [0.25, 0.3) is 23.3 Å². The molecule has 0 fully saturated rings. The predicted octanol–water partition coefficient (Wildman–Crippen LogP) is 4.58. The predicted molar refractivity (Wildman–Crippen MR) is 101 cm³/mol. The van der Waals surface area contributed by atoms with Crippen LogP contribution in [-0.2, 0) is 14.3 Å². The van der Waals surface area contributed by atoms with E-state index in [9.17, 15) is 9.59 Å². The number of hydrogen-bond donors (Lipinski definition) is 0. The zero-order valence-corrected chi connectivity index (χ0v) is 14.3. The molecular weight excluding hydrogens is 336 g/mol. The number of ether oxygens (including phenoxy) is 1. The van der Waals surface area contributed by atoms with E-state index in [-0.39, 0.29) is 5.97 Å². The highest BCUT2D eigenvalue weighted by atomic mass is 35.5. The summed E-state index contributed by atoms with van der Waals surface area (Å²) in [4.78, 5) is 22.7. The molecule has 0 amide bonds. The Balaban J connectivity index is 1.94. The summed E-state index contributed by atoms with van der Waals surface area (Å²) in [5, 5.41) is -0.505. The molecule has 1 aliphatic rings. The number of hydrogen-bond acceptors (Lipinski definition) is 3. The van der Waals surface area contributed by atoms with Crippen molar-refractivity contribution in [3.05, 3.63) is 82.9 Å². The fourth-order valence-electron chi connectivity index (χ4n) is 2.72. The molecule has 0 aliphatic heterocycles. The van der Waals surface area contributed by atoms with Crippen molar-refractivity contribution in [2.24, 2.45) is 0 Å². The van der Waals surface area contributed by atoms with Gasteiger partial charge in [-0.15, -0.1) is 0 Å². The van der Waals surface area contributed by atoms with Gasteiger partial charge in [0.2, 0.25) is 5.24 Å². The van der Waals surface area contributed by atoms with Crippen LogP contribution in [0.1, 0.15) is 22.3 Å². The lowest BCUT2D eigenvalue weighted by molar-refractivity contribution is -0.133. The molecule has 3 rings (SSSR count). The van der Waals surface area contributed by atoms with E-state index >= 15 is 0 Å². The zero-order valence-electron chi connectivity index (χ0n) is 13.5. The molecular formula is C21H15ClO3. The molecule has 0 radical (unpaired) electrons. The Bertz CT molecular complexity index is 918. The van der Waals surface area contributed by atoms with Gasteiger partial charge in [0.1, 0.15) is 0 Å². The minimum Gasteiger partial charge on any atom is -0.465 e. The second kappa shape index (κ2) is 7.32. The Hall–Kier alpha value is -2.91. The average Bonchev–Trinajstić information content (AvgIpc) is 2.99. The van der Waals surface area contributed by atoms with E-state index < -0.39 is 5.24 Å². The van der Waals surface area contributed by atoms with Gasteiger partial charge in [-0.2, -0.15) is 0 Å². The van der Waals surface area contributed by atoms with Crippen molar-refractivity contribution >= 4 is 46.1 Å². The standard InChI is InChI=1S/C21H15ClO3/c1-25-21(24)19-13-16(17-4-2-3-5-18(17)19)12-15-8-6-14(7-9-15)10-11-20(22)23/h2-13H,1H3. The third kappa shape index (κ3) is 3.78. The van der Waals surface area contributed by atoms with Crippen molar-refractivity contribution in [2.45, 2.75) is 0 Å². The van der Waals surface area contributed by atoms with Crippen LogP contribution >= 0.6 is 11.6 Å². The molecule has 0 atom stereocenters. The van der Waals surface area contributed by atoms with Crippen LogP contribution in [0.5, 0.6) is 0 Å². The third-order valence-corrected chi connectivity index (χ3v) is 4.02. The fourth-order valence-corrected chi connectivity index (χ4v) is 2.79. The number of fused-ring (bicyclic) bond motifs is 1. The smallest absolute Gasteiger partial charge is 0.338 e. The average molecular weight is 351 g/mol. The summed E-state index contributed by atoms with van der Waals surface area (Å²) >= 11 is 5.29. The second-order valence-electron chi connectivity index (χ2n) is 5.50. The quantitative estimate of drug-likeness (QED) is 0.460. The summed E-state index contributed by atoms with van der Waals surface area (Å²) in [5.41, 5.74) is 5.26. The Labute approximate surface area is 150 Å². The van der Waals surface area contributed by atoms with Crippen LogP contribution in [-0.4, -0.2) is 18.3 Å². The number of allylic oxidation sites excluding steroid dienone is 3. The largest absolute Gasteiger partial charge is 0.465 e. The van der Waals surface area contributed by atoms with Gasteiger partial charge in [-0.25, -0.2) is 4.79 Å². The molecule has 0 spiro atoms. The fraction of sp³-hybridized carbons (Fsp3) is 0.0476. The van der Waals surface area contributed by atoms with Gasteiger partial charge in [0.15, 0.2) is 0 Å². The first kappa shape index (κ1) is 16.9.